The van der Waals surface area contributed by atoms with Crippen molar-refractivity contribution < 1.29 is 19.5 Å². The summed E-state index contributed by atoms with van der Waals surface area (Å²) in [6.45, 7) is 10.9. The zero-order valence-electron chi connectivity index (χ0n) is 17.7. The van der Waals surface area contributed by atoms with Crippen molar-refractivity contribution in [1.82, 2.24) is 5.32 Å². The lowest BCUT2D eigenvalue weighted by molar-refractivity contribution is -0.155. The molecule has 0 aliphatic carbocycles. The largest absolute Gasteiger partial charge is 0.479 e. The fraction of sp³-hybridized carbons (Fsp3) is 0.591. The molecule has 0 aromatic heterocycles. The smallest absolute Gasteiger partial charge is 0.329 e. The lowest BCUT2D eigenvalue weighted by Gasteiger charge is -2.43. The van der Waals surface area contributed by atoms with Gasteiger partial charge in [0.15, 0.2) is 5.12 Å². The van der Waals surface area contributed by atoms with Crippen LogP contribution >= 0.6 is 11.8 Å². The van der Waals surface area contributed by atoms with Crippen molar-refractivity contribution >= 4 is 28.8 Å². The third-order valence-corrected chi connectivity index (χ3v) is 5.86. The summed E-state index contributed by atoms with van der Waals surface area (Å²) in [7, 11) is 0. The highest BCUT2D eigenvalue weighted by molar-refractivity contribution is 8.13. The third kappa shape index (κ3) is 6.66. The summed E-state index contributed by atoms with van der Waals surface area (Å²) in [5, 5.41) is 12.9. The standard InChI is InChI=1S/C22H33NO4S/c1-15(2)13-22(20(26)27,21(4,5)6)23-19(25)18(14-28-16(3)24)12-17-10-8-7-9-11-17/h7-11,15,18H,12-14H2,1-6H3,(H,23,25)(H,26,27)/t18?,22-/m1/s1. The minimum absolute atomic E-state index is 0.0617. The van der Waals surface area contributed by atoms with E-state index in [0.29, 0.717) is 18.6 Å². The molecule has 0 saturated carbocycles. The average molecular weight is 408 g/mol. The van der Waals surface area contributed by atoms with E-state index in [1.165, 1.54) is 6.92 Å². The first-order valence-corrected chi connectivity index (χ1v) is 10.6. The molecular formula is C22H33NO4S. The zero-order chi connectivity index (χ0) is 21.5. The molecule has 0 bridgehead atoms. The number of rotatable bonds is 9. The van der Waals surface area contributed by atoms with E-state index >= 15 is 0 Å². The van der Waals surface area contributed by atoms with E-state index in [1.54, 1.807) is 0 Å². The average Bonchev–Trinajstić information content (AvgIpc) is 2.56. The van der Waals surface area contributed by atoms with Gasteiger partial charge in [0.25, 0.3) is 0 Å². The number of carbonyl (C=O) groups excluding carboxylic acids is 2. The normalized spacial score (nSPS) is 15.0. The number of aliphatic carboxylic acids is 1. The van der Waals surface area contributed by atoms with Gasteiger partial charge in [-0.25, -0.2) is 4.79 Å². The van der Waals surface area contributed by atoms with E-state index in [9.17, 15) is 19.5 Å². The first-order valence-electron chi connectivity index (χ1n) is 9.61. The molecule has 1 amide bonds. The van der Waals surface area contributed by atoms with Crippen LogP contribution in [0.15, 0.2) is 30.3 Å². The number of carboxylic acid groups (broad SMARTS) is 1. The van der Waals surface area contributed by atoms with Gasteiger partial charge in [-0.3, -0.25) is 9.59 Å². The summed E-state index contributed by atoms with van der Waals surface area (Å²) in [6.07, 6.45) is 0.782. The van der Waals surface area contributed by atoms with Crippen molar-refractivity contribution in [3.63, 3.8) is 0 Å². The van der Waals surface area contributed by atoms with Crippen LogP contribution < -0.4 is 5.32 Å². The topological polar surface area (TPSA) is 83.5 Å². The Morgan fingerprint density at radius 1 is 1.11 bits per heavy atom. The molecule has 0 fully saturated rings. The van der Waals surface area contributed by atoms with Crippen LogP contribution in [0.4, 0.5) is 0 Å². The van der Waals surface area contributed by atoms with E-state index in [1.807, 2.05) is 65.0 Å². The van der Waals surface area contributed by atoms with Gasteiger partial charge >= 0.3 is 5.97 Å². The Bertz CT molecular complexity index is 682. The van der Waals surface area contributed by atoms with Gasteiger partial charge in [0.1, 0.15) is 5.54 Å². The summed E-state index contributed by atoms with van der Waals surface area (Å²) in [4.78, 5) is 37.0. The van der Waals surface area contributed by atoms with Gasteiger partial charge in [-0.2, -0.15) is 0 Å². The second-order valence-corrected chi connectivity index (χ2v) is 9.93. The van der Waals surface area contributed by atoms with Crippen molar-refractivity contribution in [2.24, 2.45) is 17.3 Å². The molecule has 0 spiro atoms. The van der Waals surface area contributed by atoms with Crippen LogP contribution in [0.3, 0.4) is 0 Å². The molecule has 28 heavy (non-hydrogen) atoms. The highest BCUT2D eigenvalue weighted by Gasteiger charge is 2.50. The molecule has 1 aromatic rings. The molecule has 1 rings (SSSR count). The Balaban J connectivity index is 3.18. The van der Waals surface area contributed by atoms with Crippen LogP contribution in [-0.2, 0) is 20.8 Å². The van der Waals surface area contributed by atoms with E-state index in [-0.39, 0.29) is 16.9 Å². The Hall–Kier alpha value is -1.82. The maximum absolute atomic E-state index is 13.2. The molecule has 2 N–H and O–H groups in total. The fourth-order valence-electron chi connectivity index (χ4n) is 3.27. The lowest BCUT2D eigenvalue weighted by Crippen LogP contribution is -2.64. The van der Waals surface area contributed by atoms with Crippen LogP contribution in [-0.4, -0.2) is 33.4 Å². The maximum Gasteiger partial charge on any atom is 0.329 e. The van der Waals surface area contributed by atoms with Gasteiger partial charge in [-0.15, -0.1) is 0 Å². The van der Waals surface area contributed by atoms with Gasteiger partial charge in [0.05, 0.1) is 5.92 Å². The Labute approximate surface area is 172 Å². The van der Waals surface area contributed by atoms with Crippen LogP contribution in [0.2, 0.25) is 0 Å². The number of nitrogens with one attached hydrogen (secondary N) is 1. The molecule has 2 atom stereocenters. The van der Waals surface area contributed by atoms with Crippen LogP contribution in [0.1, 0.15) is 53.5 Å². The Morgan fingerprint density at radius 3 is 2.11 bits per heavy atom. The number of benzene rings is 1. The van der Waals surface area contributed by atoms with E-state index in [2.05, 4.69) is 5.32 Å². The van der Waals surface area contributed by atoms with E-state index < -0.39 is 22.8 Å². The minimum atomic E-state index is -1.38. The second kappa shape index (κ2) is 10.1. The molecule has 0 aliphatic heterocycles. The molecular weight excluding hydrogens is 374 g/mol. The Kier molecular flexibility index (Phi) is 8.74. The quantitative estimate of drug-likeness (QED) is 0.642. The summed E-state index contributed by atoms with van der Waals surface area (Å²) < 4.78 is 0. The summed E-state index contributed by atoms with van der Waals surface area (Å²) in [5.41, 5.74) is -1.08. The van der Waals surface area contributed by atoms with Gasteiger partial charge < -0.3 is 10.4 Å². The number of thioether (sulfide) groups is 1. The molecule has 0 saturated heterocycles. The number of hydrogen-bond donors (Lipinski definition) is 2. The van der Waals surface area contributed by atoms with Gasteiger partial charge in [0.2, 0.25) is 5.91 Å². The maximum atomic E-state index is 13.2. The molecule has 0 heterocycles. The lowest BCUT2D eigenvalue weighted by atomic mass is 9.69. The SMILES string of the molecule is CC(=O)SCC(Cc1ccccc1)C(=O)N[C@](CC(C)C)(C(=O)O)C(C)(C)C. The molecule has 0 radical (unpaired) electrons. The van der Waals surface area contributed by atoms with Crippen molar-refractivity contribution in [1.29, 1.82) is 0 Å². The number of carbonyl (C=O) groups is 3. The minimum Gasteiger partial charge on any atom is -0.479 e. The number of amides is 1. The predicted molar refractivity (Wildman–Crippen MR) is 114 cm³/mol. The fourth-order valence-corrected chi connectivity index (χ4v) is 3.98. The first kappa shape index (κ1) is 24.2. The monoisotopic (exact) mass is 407 g/mol. The van der Waals surface area contributed by atoms with Crippen molar-refractivity contribution in [3.05, 3.63) is 35.9 Å². The predicted octanol–water partition coefficient (Wildman–Crippen LogP) is 4.16. The van der Waals surface area contributed by atoms with Crippen LogP contribution in [0.5, 0.6) is 0 Å². The van der Waals surface area contributed by atoms with Crippen molar-refractivity contribution in [3.8, 4) is 0 Å². The first-order chi connectivity index (χ1) is 12.9. The summed E-state index contributed by atoms with van der Waals surface area (Å²) in [6, 6.07) is 9.57. The molecule has 1 aromatic carbocycles. The molecule has 1 unspecified atom stereocenters. The molecule has 6 heteroatoms. The third-order valence-electron chi connectivity index (χ3n) is 4.88. The van der Waals surface area contributed by atoms with Crippen molar-refractivity contribution in [2.45, 2.75) is 59.9 Å². The van der Waals surface area contributed by atoms with Gasteiger partial charge in [-0.05, 0) is 29.7 Å². The zero-order valence-corrected chi connectivity index (χ0v) is 18.6. The number of hydrogen-bond acceptors (Lipinski definition) is 4. The summed E-state index contributed by atoms with van der Waals surface area (Å²) in [5.74, 6) is -1.44. The second-order valence-electron chi connectivity index (χ2n) is 8.74. The Morgan fingerprint density at radius 2 is 1.68 bits per heavy atom. The van der Waals surface area contributed by atoms with Crippen LogP contribution in [0.25, 0.3) is 0 Å². The molecule has 156 valence electrons. The van der Waals surface area contributed by atoms with Crippen LogP contribution in [0, 0.1) is 17.3 Å². The van der Waals surface area contributed by atoms with E-state index in [4.69, 9.17) is 0 Å². The number of carboxylic acids is 1. The molecule has 5 nitrogen and oxygen atoms in total. The van der Waals surface area contributed by atoms with Gasteiger partial charge in [-0.1, -0.05) is 76.7 Å². The highest BCUT2D eigenvalue weighted by atomic mass is 32.2. The van der Waals surface area contributed by atoms with E-state index in [0.717, 1.165) is 17.3 Å². The highest BCUT2D eigenvalue weighted by Crippen LogP contribution is 2.36. The van der Waals surface area contributed by atoms with Gasteiger partial charge in [0, 0.05) is 12.7 Å². The van der Waals surface area contributed by atoms with Crippen molar-refractivity contribution in [2.75, 3.05) is 5.75 Å². The molecule has 0 aliphatic rings. The summed E-state index contributed by atoms with van der Waals surface area (Å²) >= 11 is 1.10.